The average molecular weight is 476 g/mol. The number of hydrogen-bond donors (Lipinski definition) is 2. The van der Waals surface area contributed by atoms with Gasteiger partial charge in [0.05, 0.1) is 29.8 Å². The van der Waals surface area contributed by atoms with Crippen molar-refractivity contribution in [2.75, 3.05) is 17.7 Å². The SMILES string of the molecule is COc1cc(OC(C)C)cc2ncnc(Nc3ccc(NC(=O)Cn4cc(C(C)C)nn4)cc3)c12. The summed E-state index contributed by atoms with van der Waals surface area (Å²) in [6, 6.07) is 11.0. The van der Waals surface area contributed by atoms with Crippen LogP contribution in [0.4, 0.5) is 17.2 Å². The van der Waals surface area contributed by atoms with Crippen LogP contribution < -0.4 is 20.1 Å². The third-order valence-electron chi connectivity index (χ3n) is 5.15. The topological polar surface area (TPSA) is 116 Å². The minimum Gasteiger partial charge on any atom is -0.496 e. The summed E-state index contributed by atoms with van der Waals surface area (Å²) in [7, 11) is 1.60. The van der Waals surface area contributed by atoms with Gasteiger partial charge in [0.2, 0.25) is 5.91 Å². The van der Waals surface area contributed by atoms with Gasteiger partial charge >= 0.3 is 0 Å². The number of rotatable bonds is 9. The summed E-state index contributed by atoms with van der Waals surface area (Å²) in [5.41, 5.74) is 3.02. The largest absolute Gasteiger partial charge is 0.496 e. The molecule has 2 aromatic heterocycles. The van der Waals surface area contributed by atoms with Gasteiger partial charge in [0, 0.05) is 29.7 Å². The van der Waals surface area contributed by atoms with Crippen molar-refractivity contribution in [3.8, 4) is 11.5 Å². The molecule has 0 aliphatic heterocycles. The Kier molecular flexibility index (Phi) is 7.09. The summed E-state index contributed by atoms with van der Waals surface area (Å²) in [6.45, 7) is 8.08. The summed E-state index contributed by atoms with van der Waals surface area (Å²) in [5.74, 6) is 1.97. The van der Waals surface area contributed by atoms with Crippen molar-refractivity contribution in [2.45, 2.75) is 46.3 Å². The Morgan fingerprint density at radius 2 is 1.80 bits per heavy atom. The number of carbonyl (C=O) groups is 1. The second-order valence-corrected chi connectivity index (χ2v) is 8.65. The van der Waals surface area contributed by atoms with E-state index < -0.39 is 0 Å². The van der Waals surface area contributed by atoms with E-state index in [9.17, 15) is 4.79 Å². The summed E-state index contributed by atoms with van der Waals surface area (Å²) in [5, 5.41) is 15.0. The molecule has 0 unspecified atom stereocenters. The Labute approximate surface area is 203 Å². The lowest BCUT2D eigenvalue weighted by Gasteiger charge is -2.15. The van der Waals surface area contributed by atoms with Crippen molar-refractivity contribution in [3.63, 3.8) is 0 Å². The third kappa shape index (κ3) is 5.84. The Morgan fingerprint density at radius 1 is 1.06 bits per heavy atom. The van der Waals surface area contributed by atoms with Crippen molar-refractivity contribution in [2.24, 2.45) is 0 Å². The van der Waals surface area contributed by atoms with Gasteiger partial charge in [0.15, 0.2) is 0 Å². The van der Waals surface area contributed by atoms with Gasteiger partial charge < -0.3 is 20.1 Å². The van der Waals surface area contributed by atoms with Crippen LogP contribution in [0.2, 0.25) is 0 Å². The van der Waals surface area contributed by atoms with Crippen LogP contribution in [0, 0.1) is 0 Å². The van der Waals surface area contributed by atoms with Crippen LogP contribution in [0.1, 0.15) is 39.3 Å². The first kappa shape index (κ1) is 23.9. The van der Waals surface area contributed by atoms with E-state index in [0.717, 1.165) is 16.8 Å². The van der Waals surface area contributed by atoms with Crippen LogP contribution in [0.3, 0.4) is 0 Å². The molecule has 182 valence electrons. The molecule has 2 aromatic carbocycles. The molecule has 0 fully saturated rings. The fraction of sp³-hybridized carbons (Fsp3) is 0.320. The Bertz CT molecular complexity index is 1320. The molecule has 2 heterocycles. The van der Waals surface area contributed by atoms with Crippen LogP contribution in [0.25, 0.3) is 10.9 Å². The molecule has 0 saturated heterocycles. The van der Waals surface area contributed by atoms with Gasteiger partial charge in [-0.3, -0.25) is 4.79 Å². The summed E-state index contributed by atoms with van der Waals surface area (Å²) in [6.07, 6.45) is 3.31. The maximum Gasteiger partial charge on any atom is 0.246 e. The van der Waals surface area contributed by atoms with E-state index in [1.807, 2.05) is 64.1 Å². The number of nitrogens with one attached hydrogen (secondary N) is 2. The first-order valence-corrected chi connectivity index (χ1v) is 11.4. The van der Waals surface area contributed by atoms with Crippen molar-refractivity contribution >= 4 is 34.0 Å². The van der Waals surface area contributed by atoms with Crippen LogP contribution in [-0.4, -0.2) is 44.1 Å². The lowest BCUT2D eigenvalue weighted by Crippen LogP contribution is -2.19. The van der Waals surface area contributed by atoms with E-state index in [1.165, 1.54) is 11.0 Å². The number of fused-ring (bicyclic) bond motifs is 1. The molecule has 0 aliphatic carbocycles. The average Bonchev–Trinajstić information content (AvgIpc) is 3.28. The highest BCUT2D eigenvalue weighted by atomic mass is 16.5. The molecule has 0 spiro atoms. The zero-order chi connectivity index (χ0) is 24.9. The molecule has 0 aliphatic rings. The van der Waals surface area contributed by atoms with E-state index >= 15 is 0 Å². The number of nitrogens with zero attached hydrogens (tertiary/aromatic N) is 5. The number of aromatic nitrogens is 5. The van der Waals surface area contributed by atoms with Gasteiger partial charge in [0.1, 0.15) is 30.2 Å². The molecular weight excluding hydrogens is 446 g/mol. The third-order valence-corrected chi connectivity index (χ3v) is 5.15. The second kappa shape index (κ2) is 10.4. The molecule has 0 bridgehead atoms. The van der Waals surface area contributed by atoms with Gasteiger partial charge in [-0.25, -0.2) is 14.6 Å². The number of ether oxygens (including phenoxy) is 2. The number of methoxy groups -OCH3 is 1. The second-order valence-electron chi connectivity index (χ2n) is 8.65. The smallest absolute Gasteiger partial charge is 0.246 e. The standard InChI is InChI=1S/C25H29N7O3/c1-15(2)21-12-32(31-30-21)13-23(33)28-17-6-8-18(9-7-17)29-25-24-20(26-14-27-25)10-19(35-16(3)4)11-22(24)34-5/h6-12,14-16H,13H2,1-5H3,(H,28,33)(H,26,27,29). The fourth-order valence-corrected chi connectivity index (χ4v) is 3.50. The molecule has 4 aromatic rings. The molecule has 0 radical (unpaired) electrons. The highest BCUT2D eigenvalue weighted by Crippen LogP contribution is 2.35. The number of hydrogen-bond acceptors (Lipinski definition) is 8. The predicted molar refractivity (Wildman–Crippen MR) is 134 cm³/mol. The molecule has 2 N–H and O–H groups in total. The zero-order valence-electron chi connectivity index (χ0n) is 20.4. The lowest BCUT2D eigenvalue weighted by atomic mass is 10.2. The summed E-state index contributed by atoms with van der Waals surface area (Å²) >= 11 is 0. The van der Waals surface area contributed by atoms with Gasteiger partial charge in [-0.2, -0.15) is 0 Å². The number of amides is 1. The molecule has 35 heavy (non-hydrogen) atoms. The first-order valence-electron chi connectivity index (χ1n) is 11.4. The Hall–Kier alpha value is -4.21. The number of carbonyl (C=O) groups excluding carboxylic acids is 1. The van der Waals surface area contributed by atoms with E-state index in [4.69, 9.17) is 9.47 Å². The Morgan fingerprint density at radius 3 is 2.46 bits per heavy atom. The first-order chi connectivity index (χ1) is 16.8. The molecule has 4 rings (SSSR count). The highest BCUT2D eigenvalue weighted by molar-refractivity contribution is 5.97. The Balaban J connectivity index is 1.47. The van der Waals surface area contributed by atoms with Crippen molar-refractivity contribution in [3.05, 3.63) is 54.6 Å². The zero-order valence-corrected chi connectivity index (χ0v) is 20.4. The normalized spacial score (nSPS) is 11.2. The van der Waals surface area contributed by atoms with Crippen LogP contribution in [0.5, 0.6) is 11.5 Å². The quantitative estimate of drug-likeness (QED) is 0.363. The monoisotopic (exact) mass is 475 g/mol. The van der Waals surface area contributed by atoms with Crippen molar-refractivity contribution in [1.29, 1.82) is 0 Å². The van der Waals surface area contributed by atoms with Crippen LogP contribution in [-0.2, 0) is 11.3 Å². The summed E-state index contributed by atoms with van der Waals surface area (Å²) < 4.78 is 12.9. The van der Waals surface area contributed by atoms with E-state index in [-0.39, 0.29) is 24.5 Å². The molecule has 10 heteroatoms. The molecule has 0 atom stereocenters. The van der Waals surface area contributed by atoms with Gasteiger partial charge in [0.25, 0.3) is 0 Å². The fourth-order valence-electron chi connectivity index (χ4n) is 3.50. The minimum atomic E-state index is -0.183. The lowest BCUT2D eigenvalue weighted by molar-refractivity contribution is -0.116. The van der Waals surface area contributed by atoms with Gasteiger partial charge in [-0.1, -0.05) is 19.1 Å². The molecule has 0 saturated carbocycles. The highest BCUT2D eigenvalue weighted by Gasteiger charge is 2.14. The van der Waals surface area contributed by atoms with Crippen molar-refractivity contribution in [1.82, 2.24) is 25.0 Å². The van der Waals surface area contributed by atoms with Gasteiger partial charge in [-0.05, 0) is 44.0 Å². The van der Waals surface area contributed by atoms with Crippen LogP contribution >= 0.6 is 0 Å². The van der Waals surface area contributed by atoms with E-state index in [0.29, 0.717) is 28.5 Å². The summed E-state index contributed by atoms with van der Waals surface area (Å²) in [4.78, 5) is 21.2. The maximum atomic E-state index is 12.4. The van der Waals surface area contributed by atoms with E-state index in [1.54, 1.807) is 13.3 Å². The molecular formula is C25H29N7O3. The molecule has 1 amide bonds. The van der Waals surface area contributed by atoms with Crippen molar-refractivity contribution < 1.29 is 14.3 Å². The number of benzene rings is 2. The van der Waals surface area contributed by atoms with E-state index in [2.05, 4.69) is 30.9 Å². The van der Waals surface area contributed by atoms with Gasteiger partial charge in [-0.15, -0.1) is 5.10 Å². The predicted octanol–water partition coefficient (Wildman–Crippen LogP) is 4.52. The number of anilines is 3. The maximum absolute atomic E-state index is 12.4. The molecule has 10 nitrogen and oxygen atoms in total. The van der Waals surface area contributed by atoms with Crippen LogP contribution in [0.15, 0.2) is 48.9 Å². The minimum absolute atomic E-state index is 0.0318.